The molecule has 1 aliphatic heterocycles. The Hall–Kier alpha value is -1.84. The summed E-state index contributed by atoms with van der Waals surface area (Å²) in [6, 6.07) is 8.96. The van der Waals surface area contributed by atoms with Crippen molar-refractivity contribution in [3.05, 3.63) is 35.9 Å². The molecule has 2 atom stereocenters. The number of hydrogen-bond donors (Lipinski definition) is 1. The fourth-order valence-corrected chi connectivity index (χ4v) is 2.76. The lowest BCUT2D eigenvalue weighted by Gasteiger charge is -2.43. The summed E-state index contributed by atoms with van der Waals surface area (Å²) in [4.78, 5) is 26.8. The van der Waals surface area contributed by atoms with Crippen LogP contribution in [0.5, 0.6) is 0 Å². The van der Waals surface area contributed by atoms with Gasteiger partial charge >= 0.3 is 0 Å². The van der Waals surface area contributed by atoms with Gasteiger partial charge in [-0.25, -0.2) is 0 Å². The third-order valence-electron chi connectivity index (χ3n) is 3.97. The molecule has 21 heavy (non-hydrogen) atoms. The van der Waals surface area contributed by atoms with Gasteiger partial charge < -0.3 is 10.2 Å². The number of rotatable bonds is 3. The number of nitrogens with one attached hydrogen (secondary N) is 1. The summed E-state index contributed by atoms with van der Waals surface area (Å²) in [7, 11) is 0. The van der Waals surface area contributed by atoms with Crippen LogP contribution in [0.15, 0.2) is 30.3 Å². The van der Waals surface area contributed by atoms with Crippen LogP contribution >= 0.6 is 0 Å². The lowest BCUT2D eigenvalue weighted by molar-refractivity contribution is -0.152. The molecule has 2 rings (SSSR count). The van der Waals surface area contributed by atoms with Crippen LogP contribution in [-0.2, 0) is 16.0 Å². The van der Waals surface area contributed by atoms with E-state index >= 15 is 0 Å². The Morgan fingerprint density at radius 1 is 1.14 bits per heavy atom. The van der Waals surface area contributed by atoms with E-state index in [0.29, 0.717) is 13.0 Å². The molecule has 0 radical (unpaired) electrons. The first-order chi connectivity index (χ1) is 9.84. The Kier molecular flexibility index (Phi) is 4.35. The number of benzene rings is 1. The quantitative estimate of drug-likeness (QED) is 0.924. The van der Waals surface area contributed by atoms with Gasteiger partial charge in [-0.2, -0.15) is 0 Å². The van der Waals surface area contributed by atoms with E-state index in [1.54, 1.807) is 4.90 Å². The largest absolute Gasteiger partial charge is 0.342 e. The molecule has 1 aliphatic rings. The van der Waals surface area contributed by atoms with Crippen LogP contribution in [0, 0.1) is 5.41 Å². The Morgan fingerprint density at radius 3 is 2.29 bits per heavy atom. The van der Waals surface area contributed by atoms with Crippen molar-refractivity contribution in [2.24, 2.45) is 5.41 Å². The average Bonchev–Trinajstić information content (AvgIpc) is 2.43. The number of hydrogen-bond acceptors (Lipinski definition) is 2. The zero-order chi connectivity index (χ0) is 15.6. The molecule has 0 saturated carbocycles. The van der Waals surface area contributed by atoms with Crippen molar-refractivity contribution < 1.29 is 9.59 Å². The predicted octanol–water partition coefficient (Wildman–Crippen LogP) is 1.99. The topological polar surface area (TPSA) is 49.4 Å². The van der Waals surface area contributed by atoms with Gasteiger partial charge in [-0.15, -0.1) is 0 Å². The second kappa shape index (κ2) is 5.88. The molecule has 0 aliphatic carbocycles. The van der Waals surface area contributed by atoms with Crippen LogP contribution in [0.4, 0.5) is 0 Å². The van der Waals surface area contributed by atoms with Gasteiger partial charge in [-0.3, -0.25) is 9.59 Å². The van der Waals surface area contributed by atoms with E-state index in [9.17, 15) is 9.59 Å². The minimum Gasteiger partial charge on any atom is -0.342 e. The summed E-state index contributed by atoms with van der Waals surface area (Å²) >= 11 is 0. The molecule has 114 valence electrons. The van der Waals surface area contributed by atoms with Gasteiger partial charge in [0.05, 0.1) is 0 Å². The van der Waals surface area contributed by atoms with Crippen LogP contribution in [0.3, 0.4) is 0 Å². The first-order valence-electron chi connectivity index (χ1n) is 7.49. The van der Waals surface area contributed by atoms with Crippen LogP contribution in [0.1, 0.15) is 33.3 Å². The molecule has 4 heteroatoms. The number of carbonyl (C=O) groups excluding carboxylic acids is 2. The van der Waals surface area contributed by atoms with Crippen molar-refractivity contribution in [2.45, 2.75) is 46.2 Å². The van der Waals surface area contributed by atoms with Crippen LogP contribution in [0.2, 0.25) is 0 Å². The molecule has 1 saturated heterocycles. The summed E-state index contributed by atoms with van der Waals surface area (Å²) in [6.07, 6.45) is 0.559. The van der Waals surface area contributed by atoms with Gasteiger partial charge in [0.1, 0.15) is 12.1 Å². The normalized spacial score (nSPS) is 23.1. The second-order valence-corrected chi connectivity index (χ2v) is 6.64. The van der Waals surface area contributed by atoms with Crippen molar-refractivity contribution in [1.82, 2.24) is 10.2 Å². The highest BCUT2D eigenvalue weighted by Gasteiger charge is 2.44. The molecule has 1 N–H and O–H groups in total. The van der Waals surface area contributed by atoms with Gasteiger partial charge in [0.2, 0.25) is 11.8 Å². The Balaban J connectivity index is 2.23. The van der Waals surface area contributed by atoms with Crippen molar-refractivity contribution in [3.63, 3.8) is 0 Å². The smallest absolute Gasteiger partial charge is 0.246 e. The number of nitrogens with zero attached hydrogens (tertiary/aromatic N) is 1. The van der Waals surface area contributed by atoms with Gasteiger partial charge in [-0.05, 0) is 17.9 Å². The molecule has 1 aromatic rings. The maximum Gasteiger partial charge on any atom is 0.246 e. The molecule has 2 amide bonds. The van der Waals surface area contributed by atoms with E-state index in [4.69, 9.17) is 0 Å². The van der Waals surface area contributed by atoms with E-state index in [1.165, 1.54) is 0 Å². The predicted molar refractivity (Wildman–Crippen MR) is 82.7 cm³/mol. The zero-order valence-corrected chi connectivity index (χ0v) is 13.2. The van der Waals surface area contributed by atoms with E-state index in [0.717, 1.165) is 5.56 Å². The molecule has 1 aromatic carbocycles. The third-order valence-corrected chi connectivity index (χ3v) is 3.97. The summed E-state index contributed by atoms with van der Waals surface area (Å²) in [5.74, 6) is -0.0363. The fourth-order valence-electron chi connectivity index (χ4n) is 2.76. The van der Waals surface area contributed by atoms with E-state index in [2.05, 4.69) is 5.32 Å². The van der Waals surface area contributed by atoms with Crippen molar-refractivity contribution in [3.8, 4) is 0 Å². The van der Waals surface area contributed by atoms with E-state index in [-0.39, 0.29) is 17.2 Å². The summed E-state index contributed by atoms with van der Waals surface area (Å²) in [5.41, 5.74) is 0.788. The minimum absolute atomic E-state index is 0.0190. The highest BCUT2D eigenvalue weighted by Crippen LogP contribution is 2.26. The molecule has 0 spiro atoms. The molecule has 4 nitrogen and oxygen atoms in total. The molecule has 1 fully saturated rings. The van der Waals surface area contributed by atoms with Crippen molar-refractivity contribution >= 4 is 11.8 Å². The molecule has 0 aromatic heterocycles. The van der Waals surface area contributed by atoms with Crippen molar-refractivity contribution in [2.75, 3.05) is 6.54 Å². The maximum absolute atomic E-state index is 12.7. The lowest BCUT2D eigenvalue weighted by Crippen LogP contribution is -2.66. The Morgan fingerprint density at radius 2 is 1.76 bits per heavy atom. The fraction of sp³-hybridized carbons (Fsp3) is 0.529. The van der Waals surface area contributed by atoms with Gasteiger partial charge in [0.25, 0.3) is 0 Å². The minimum atomic E-state index is -0.447. The maximum atomic E-state index is 12.7. The zero-order valence-electron chi connectivity index (χ0n) is 13.2. The van der Waals surface area contributed by atoms with Gasteiger partial charge in [0, 0.05) is 13.0 Å². The number of carbonyl (C=O) groups is 2. The molecule has 2 unspecified atom stereocenters. The molecule has 0 bridgehead atoms. The number of amides is 2. The first kappa shape index (κ1) is 15.5. The highest BCUT2D eigenvalue weighted by atomic mass is 16.2. The van der Waals surface area contributed by atoms with E-state index in [1.807, 2.05) is 58.0 Å². The second-order valence-electron chi connectivity index (χ2n) is 6.64. The molecule has 1 heterocycles. The Labute approximate surface area is 126 Å². The molecular formula is C17H24N2O2. The first-order valence-corrected chi connectivity index (χ1v) is 7.49. The van der Waals surface area contributed by atoms with Crippen LogP contribution in [0.25, 0.3) is 0 Å². The SMILES string of the molecule is CCN1C(=O)C(C(C)(C)C)NC(=O)C1Cc1ccccc1. The lowest BCUT2D eigenvalue weighted by atomic mass is 9.83. The monoisotopic (exact) mass is 288 g/mol. The van der Waals surface area contributed by atoms with E-state index < -0.39 is 12.1 Å². The average molecular weight is 288 g/mol. The van der Waals surface area contributed by atoms with Crippen LogP contribution in [-0.4, -0.2) is 35.3 Å². The van der Waals surface area contributed by atoms with Crippen LogP contribution < -0.4 is 5.32 Å². The highest BCUT2D eigenvalue weighted by molar-refractivity contribution is 5.97. The van der Waals surface area contributed by atoms with Crippen molar-refractivity contribution in [1.29, 1.82) is 0 Å². The number of likely N-dealkylation sites (N-methyl/N-ethyl adjacent to an activating group) is 1. The Bertz CT molecular complexity index is 519. The summed E-state index contributed by atoms with van der Waals surface area (Å²) < 4.78 is 0. The van der Waals surface area contributed by atoms with Gasteiger partial charge in [-0.1, -0.05) is 51.1 Å². The number of piperazine rings is 1. The van der Waals surface area contributed by atoms with Gasteiger partial charge in [0.15, 0.2) is 0 Å². The molecular weight excluding hydrogens is 264 g/mol. The standard InChI is InChI=1S/C17H24N2O2/c1-5-19-13(11-12-9-7-6-8-10-12)15(20)18-14(16(19)21)17(2,3)4/h6-10,13-14H,5,11H2,1-4H3,(H,18,20). The third kappa shape index (κ3) is 3.26. The summed E-state index contributed by atoms with van der Waals surface area (Å²) in [5, 5.41) is 2.91. The summed E-state index contributed by atoms with van der Waals surface area (Å²) in [6.45, 7) is 8.40.